The second-order valence-electron chi connectivity index (χ2n) is 7.00. The van der Waals surface area contributed by atoms with Crippen LogP contribution in [0.2, 0.25) is 0 Å². The normalized spacial score (nSPS) is 27.0. The van der Waals surface area contributed by atoms with Crippen LogP contribution in [0.25, 0.3) is 0 Å². The lowest BCUT2D eigenvalue weighted by Gasteiger charge is -2.25. The molecule has 1 heterocycles. The average Bonchev–Trinajstić information content (AvgIpc) is 3.27. The molecule has 26 heavy (non-hydrogen) atoms. The zero-order valence-corrected chi connectivity index (χ0v) is 15.0. The number of fused-ring (bicyclic) bond motifs is 1. The number of hydrogen-bond acceptors (Lipinski definition) is 4. The van der Waals surface area contributed by atoms with Gasteiger partial charge in [-0.05, 0) is 34.9 Å². The maximum absolute atomic E-state index is 12.9. The molecule has 1 aliphatic carbocycles. The van der Waals surface area contributed by atoms with E-state index in [4.69, 9.17) is 0 Å². The highest BCUT2D eigenvalue weighted by atomic mass is 32.2. The van der Waals surface area contributed by atoms with E-state index in [2.05, 4.69) is 19.1 Å². The summed E-state index contributed by atoms with van der Waals surface area (Å²) in [6.07, 6.45) is 3.61. The lowest BCUT2D eigenvalue weighted by molar-refractivity contribution is -0.384. The molecule has 0 unspecified atom stereocenters. The van der Waals surface area contributed by atoms with Gasteiger partial charge in [0.1, 0.15) is 0 Å². The molecule has 0 radical (unpaired) electrons. The summed E-state index contributed by atoms with van der Waals surface area (Å²) in [6, 6.07) is 15.1. The van der Waals surface area contributed by atoms with Crippen molar-refractivity contribution in [2.75, 3.05) is 6.54 Å². The SMILES string of the molecule is C[C@]12C=CN(S(=O)(=O)c3ccc([N+](=O)[O-])cc3)C[C@H]1[C@@H]2c1ccccc1. The Labute approximate surface area is 152 Å². The summed E-state index contributed by atoms with van der Waals surface area (Å²) in [5.74, 6) is 0.528. The quantitative estimate of drug-likeness (QED) is 0.609. The van der Waals surface area contributed by atoms with Gasteiger partial charge in [0.05, 0.1) is 9.82 Å². The minimum absolute atomic E-state index is 0.0250. The van der Waals surface area contributed by atoms with Crippen molar-refractivity contribution in [3.05, 3.63) is 82.6 Å². The van der Waals surface area contributed by atoms with Crippen molar-refractivity contribution in [1.29, 1.82) is 0 Å². The summed E-state index contributed by atoms with van der Waals surface area (Å²) >= 11 is 0. The molecule has 7 heteroatoms. The molecule has 1 fully saturated rings. The fourth-order valence-electron chi connectivity index (χ4n) is 3.96. The van der Waals surface area contributed by atoms with Crippen LogP contribution in [-0.4, -0.2) is 24.2 Å². The first-order chi connectivity index (χ1) is 12.3. The van der Waals surface area contributed by atoms with Gasteiger partial charge < -0.3 is 0 Å². The number of sulfonamides is 1. The van der Waals surface area contributed by atoms with Gasteiger partial charge in [0, 0.05) is 24.9 Å². The van der Waals surface area contributed by atoms with Gasteiger partial charge in [-0.2, -0.15) is 0 Å². The molecular weight excluding hydrogens is 352 g/mol. The summed E-state index contributed by atoms with van der Waals surface area (Å²) in [7, 11) is -3.72. The van der Waals surface area contributed by atoms with E-state index >= 15 is 0 Å². The number of non-ortho nitro benzene ring substituents is 1. The molecule has 0 amide bonds. The van der Waals surface area contributed by atoms with E-state index in [0.717, 1.165) is 0 Å². The highest BCUT2D eigenvalue weighted by molar-refractivity contribution is 7.89. The molecule has 1 aliphatic heterocycles. The van der Waals surface area contributed by atoms with Crippen molar-refractivity contribution in [3.8, 4) is 0 Å². The second-order valence-corrected chi connectivity index (χ2v) is 8.89. The topological polar surface area (TPSA) is 80.5 Å². The molecule has 0 N–H and O–H groups in total. The lowest BCUT2D eigenvalue weighted by Crippen LogP contribution is -2.31. The largest absolute Gasteiger partial charge is 0.273 e. The van der Waals surface area contributed by atoms with Gasteiger partial charge in [0.25, 0.3) is 15.7 Å². The fraction of sp³-hybridized carbons (Fsp3) is 0.263. The molecule has 6 nitrogen and oxygen atoms in total. The van der Waals surface area contributed by atoms with Crippen molar-refractivity contribution >= 4 is 15.7 Å². The van der Waals surface area contributed by atoms with Gasteiger partial charge in [-0.25, -0.2) is 8.42 Å². The molecule has 0 bridgehead atoms. The third kappa shape index (κ3) is 2.50. The summed E-state index contributed by atoms with van der Waals surface area (Å²) in [4.78, 5) is 10.3. The van der Waals surface area contributed by atoms with Crippen LogP contribution in [0.15, 0.2) is 71.8 Å². The molecule has 2 aromatic rings. The molecule has 2 aliphatic rings. The number of benzene rings is 2. The Hall–Kier alpha value is -2.67. The van der Waals surface area contributed by atoms with Crippen LogP contribution in [0.5, 0.6) is 0 Å². The monoisotopic (exact) mass is 370 g/mol. The van der Waals surface area contributed by atoms with Crippen LogP contribution in [0.4, 0.5) is 5.69 Å². The van der Waals surface area contributed by atoms with E-state index < -0.39 is 14.9 Å². The number of nitro groups is 1. The Balaban J connectivity index is 1.59. The fourth-order valence-corrected chi connectivity index (χ4v) is 5.29. The molecule has 4 rings (SSSR count). The summed E-state index contributed by atoms with van der Waals surface area (Å²) < 4.78 is 27.1. The van der Waals surface area contributed by atoms with E-state index in [1.807, 2.05) is 24.3 Å². The predicted octanol–water partition coefficient (Wildman–Crippen LogP) is 3.53. The highest BCUT2D eigenvalue weighted by Crippen LogP contribution is 2.67. The Morgan fingerprint density at radius 3 is 2.38 bits per heavy atom. The molecule has 0 aromatic heterocycles. The van der Waals surface area contributed by atoms with Crippen molar-refractivity contribution in [2.45, 2.75) is 17.7 Å². The van der Waals surface area contributed by atoms with Gasteiger partial charge >= 0.3 is 0 Å². The van der Waals surface area contributed by atoms with Gasteiger partial charge in [-0.3, -0.25) is 14.4 Å². The van der Waals surface area contributed by atoms with E-state index in [9.17, 15) is 18.5 Å². The van der Waals surface area contributed by atoms with Crippen molar-refractivity contribution in [1.82, 2.24) is 4.31 Å². The van der Waals surface area contributed by atoms with Crippen molar-refractivity contribution in [2.24, 2.45) is 11.3 Å². The maximum Gasteiger partial charge on any atom is 0.269 e. The first kappa shape index (κ1) is 16.8. The van der Waals surface area contributed by atoms with Gasteiger partial charge in [-0.1, -0.05) is 43.3 Å². The molecule has 0 spiro atoms. The Morgan fingerprint density at radius 1 is 1.12 bits per heavy atom. The lowest BCUT2D eigenvalue weighted by atomic mass is 10.0. The minimum Gasteiger partial charge on any atom is -0.273 e. The maximum atomic E-state index is 12.9. The number of hydrogen-bond donors (Lipinski definition) is 0. The molecule has 0 saturated heterocycles. The first-order valence-corrected chi connectivity index (χ1v) is 9.78. The smallest absolute Gasteiger partial charge is 0.269 e. The minimum atomic E-state index is -3.72. The van der Waals surface area contributed by atoms with E-state index in [1.165, 1.54) is 34.1 Å². The molecule has 3 atom stereocenters. The number of nitrogens with zero attached hydrogens (tertiary/aromatic N) is 2. The number of nitro benzene ring substituents is 1. The van der Waals surface area contributed by atoms with Gasteiger partial charge in [0.15, 0.2) is 0 Å². The molecule has 1 saturated carbocycles. The zero-order valence-electron chi connectivity index (χ0n) is 14.1. The van der Waals surface area contributed by atoms with Gasteiger partial charge in [0.2, 0.25) is 0 Å². The van der Waals surface area contributed by atoms with E-state index in [0.29, 0.717) is 12.5 Å². The summed E-state index contributed by atoms with van der Waals surface area (Å²) in [5.41, 5.74) is 1.07. The van der Waals surface area contributed by atoms with Crippen LogP contribution in [0.3, 0.4) is 0 Å². The average molecular weight is 370 g/mol. The Morgan fingerprint density at radius 2 is 1.77 bits per heavy atom. The molecular formula is C19H18N2O4S. The zero-order chi connectivity index (χ0) is 18.5. The Kier molecular flexibility index (Phi) is 3.66. The third-order valence-electron chi connectivity index (χ3n) is 5.55. The standard InChI is InChI=1S/C19H18N2O4S/c1-19-11-12-20(13-17(19)18(19)14-5-3-2-4-6-14)26(24,25)16-9-7-15(8-10-16)21(22)23/h2-12,17-18H,13H2,1H3/t17-,18-,19-/m0/s1. The summed E-state index contributed by atoms with van der Waals surface area (Å²) in [6.45, 7) is 2.56. The van der Waals surface area contributed by atoms with Crippen LogP contribution in [-0.2, 0) is 10.0 Å². The van der Waals surface area contributed by atoms with Crippen LogP contribution in [0, 0.1) is 21.4 Å². The highest BCUT2D eigenvalue weighted by Gasteiger charge is 2.62. The number of allylic oxidation sites excluding steroid dienone is 1. The molecule has 2 aromatic carbocycles. The third-order valence-corrected chi connectivity index (χ3v) is 7.31. The Bertz CT molecular complexity index is 986. The van der Waals surface area contributed by atoms with Crippen molar-refractivity contribution < 1.29 is 13.3 Å². The predicted molar refractivity (Wildman–Crippen MR) is 96.9 cm³/mol. The second kappa shape index (κ2) is 5.67. The van der Waals surface area contributed by atoms with Crippen LogP contribution < -0.4 is 0 Å². The number of rotatable bonds is 4. The van der Waals surface area contributed by atoms with Crippen LogP contribution >= 0.6 is 0 Å². The molecule has 134 valence electrons. The van der Waals surface area contributed by atoms with E-state index in [-0.39, 0.29) is 21.9 Å². The van der Waals surface area contributed by atoms with Gasteiger partial charge in [-0.15, -0.1) is 0 Å². The van der Waals surface area contributed by atoms with Crippen LogP contribution in [0.1, 0.15) is 18.4 Å². The first-order valence-electron chi connectivity index (χ1n) is 8.34. The van der Waals surface area contributed by atoms with E-state index in [1.54, 1.807) is 6.20 Å². The summed E-state index contributed by atoms with van der Waals surface area (Å²) in [5, 5.41) is 10.8. The van der Waals surface area contributed by atoms with Crippen molar-refractivity contribution in [3.63, 3.8) is 0 Å².